The lowest BCUT2D eigenvalue weighted by Crippen LogP contribution is -2.42. The van der Waals surface area contributed by atoms with Crippen molar-refractivity contribution >= 4 is 11.7 Å². The van der Waals surface area contributed by atoms with Gasteiger partial charge in [0, 0.05) is 17.5 Å². The van der Waals surface area contributed by atoms with E-state index in [1.165, 1.54) is 18.2 Å². The summed E-state index contributed by atoms with van der Waals surface area (Å²) >= 11 is 0. The summed E-state index contributed by atoms with van der Waals surface area (Å²) in [4.78, 5) is 25.4. The highest BCUT2D eigenvalue weighted by molar-refractivity contribution is 5.99. The fourth-order valence-electron chi connectivity index (χ4n) is 2.30. The molecule has 18 heavy (non-hydrogen) atoms. The average molecular weight is 249 g/mol. The minimum absolute atomic E-state index is 0.0622. The lowest BCUT2D eigenvalue weighted by molar-refractivity contribution is -0.116. The highest BCUT2D eigenvalue weighted by Gasteiger charge is 2.40. The molecule has 1 aromatic rings. The van der Waals surface area contributed by atoms with Gasteiger partial charge >= 0.3 is 0 Å². The van der Waals surface area contributed by atoms with Crippen LogP contribution in [0.4, 0.5) is 4.39 Å². The van der Waals surface area contributed by atoms with Gasteiger partial charge in [-0.1, -0.05) is 0 Å². The number of halogens is 1. The van der Waals surface area contributed by atoms with Crippen molar-refractivity contribution in [2.24, 2.45) is 0 Å². The molecule has 0 atom stereocenters. The van der Waals surface area contributed by atoms with Gasteiger partial charge in [-0.25, -0.2) is 4.39 Å². The summed E-state index contributed by atoms with van der Waals surface area (Å²) in [5, 5.41) is 0. The fourth-order valence-corrected chi connectivity index (χ4v) is 2.30. The van der Waals surface area contributed by atoms with Crippen molar-refractivity contribution in [3.63, 3.8) is 0 Å². The summed E-state index contributed by atoms with van der Waals surface area (Å²) in [6.07, 6.45) is 0.374. The Balaban J connectivity index is 2.31. The van der Waals surface area contributed by atoms with Crippen LogP contribution in [0.5, 0.6) is 0 Å². The maximum absolute atomic E-state index is 13.2. The molecule has 1 fully saturated rings. The van der Waals surface area contributed by atoms with Crippen molar-refractivity contribution in [1.29, 1.82) is 0 Å². The Morgan fingerprint density at radius 3 is 2.56 bits per heavy atom. The molecule has 0 radical (unpaired) electrons. The number of hydrogen-bond acceptors (Lipinski definition) is 2. The highest BCUT2D eigenvalue weighted by atomic mass is 19.1. The summed E-state index contributed by atoms with van der Waals surface area (Å²) in [5.74, 6) is -0.482. The standard InChI is InChI=1S/C14H16FNO2/c1-9-6-10(4-5-12(9)15)13(18)16-8-11(17)7-14(16,2)3/h4-6H,7-8H2,1-3H3. The van der Waals surface area contributed by atoms with Gasteiger partial charge in [0.25, 0.3) is 5.91 Å². The zero-order valence-corrected chi connectivity index (χ0v) is 10.8. The molecule has 0 spiro atoms. The van der Waals surface area contributed by atoms with E-state index in [-0.39, 0.29) is 24.1 Å². The predicted octanol–water partition coefficient (Wildman–Crippen LogP) is 2.33. The molecule has 0 aliphatic carbocycles. The number of amides is 1. The molecule has 0 bridgehead atoms. The summed E-state index contributed by atoms with van der Waals surface area (Å²) in [5.41, 5.74) is 0.400. The van der Waals surface area contributed by atoms with Crippen LogP contribution in [0, 0.1) is 12.7 Å². The molecule has 0 unspecified atom stereocenters. The molecule has 1 heterocycles. The van der Waals surface area contributed by atoms with Gasteiger partial charge < -0.3 is 4.90 Å². The van der Waals surface area contributed by atoms with Crippen LogP contribution < -0.4 is 0 Å². The third kappa shape index (κ3) is 2.15. The first kappa shape index (κ1) is 12.7. The Morgan fingerprint density at radius 1 is 1.39 bits per heavy atom. The SMILES string of the molecule is Cc1cc(C(=O)N2CC(=O)CC2(C)C)ccc1F. The third-order valence-corrected chi connectivity index (χ3v) is 3.34. The van der Waals surface area contributed by atoms with E-state index in [9.17, 15) is 14.0 Å². The van der Waals surface area contributed by atoms with Crippen LogP contribution in [0.15, 0.2) is 18.2 Å². The van der Waals surface area contributed by atoms with Gasteiger partial charge in [-0.2, -0.15) is 0 Å². The third-order valence-electron chi connectivity index (χ3n) is 3.34. The van der Waals surface area contributed by atoms with E-state index in [1.54, 1.807) is 11.8 Å². The Morgan fingerprint density at radius 2 is 2.06 bits per heavy atom. The lowest BCUT2D eigenvalue weighted by Gasteiger charge is -2.30. The second kappa shape index (κ2) is 4.19. The molecular weight excluding hydrogens is 233 g/mol. The Hall–Kier alpha value is -1.71. The largest absolute Gasteiger partial charge is 0.326 e. The van der Waals surface area contributed by atoms with Crippen LogP contribution in [0.2, 0.25) is 0 Å². The molecule has 1 aliphatic heterocycles. The van der Waals surface area contributed by atoms with E-state index in [0.29, 0.717) is 17.5 Å². The highest BCUT2D eigenvalue weighted by Crippen LogP contribution is 2.28. The molecule has 0 N–H and O–H groups in total. The summed E-state index contributed by atoms with van der Waals surface area (Å²) in [6, 6.07) is 4.27. The molecule has 4 heteroatoms. The molecular formula is C14H16FNO2. The quantitative estimate of drug-likeness (QED) is 0.766. The van der Waals surface area contributed by atoms with Gasteiger partial charge in [0.15, 0.2) is 5.78 Å². The maximum Gasteiger partial charge on any atom is 0.254 e. The Labute approximate surface area is 106 Å². The van der Waals surface area contributed by atoms with Gasteiger partial charge in [-0.05, 0) is 44.5 Å². The van der Waals surface area contributed by atoms with Gasteiger partial charge in [-0.15, -0.1) is 0 Å². The second-order valence-electron chi connectivity index (χ2n) is 5.38. The number of carbonyl (C=O) groups excluding carboxylic acids is 2. The van der Waals surface area contributed by atoms with E-state index in [2.05, 4.69) is 0 Å². The maximum atomic E-state index is 13.2. The summed E-state index contributed by atoms with van der Waals surface area (Å²) < 4.78 is 13.2. The van der Waals surface area contributed by atoms with E-state index in [0.717, 1.165) is 0 Å². The molecule has 96 valence electrons. The first-order valence-electron chi connectivity index (χ1n) is 5.91. The van der Waals surface area contributed by atoms with Crippen LogP contribution in [0.1, 0.15) is 36.2 Å². The molecule has 1 aromatic carbocycles. The number of aryl methyl sites for hydroxylation is 1. The number of likely N-dealkylation sites (tertiary alicyclic amines) is 1. The van der Waals surface area contributed by atoms with Gasteiger partial charge in [-0.3, -0.25) is 9.59 Å². The molecule has 2 rings (SSSR count). The normalized spacial score (nSPS) is 18.2. The van der Waals surface area contributed by atoms with Crippen LogP contribution in [-0.2, 0) is 4.79 Å². The minimum atomic E-state index is -0.462. The molecule has 0 saturated carbocycles. The monoisotopic (exact) mass is 249 g/mol. The first-order valence-corrected chi connectivity index (χ1v) is 5.91. The van der Waals surface area contributed by atoms with Crippen molar-refractivity contribution in [3.8, 4) is 0 Å². The Kier molecular flexibility index (Phi) is 2.97. The first-order chi connectivity index (χ1) is 8.31. The van der Waals surface area contributed by atoms with Crippen LogP contribution in [0.25, 0.3) is 0 Å². The molecule has 1 aliphatic rings. The number of rotatable bonds is 1. The zero-order valence-electron chi connectivity index (χ0n) is 10.8. The summed E-state index contributed by atoms with van der Waals surface area (Å²) in [7, 11) is 0. The smallest absolute Gasteiger partial charge is 0.254 e. The number of carbonyl (C=O) groups is 2. The molecule has 3 nitrogen and oxygen atoms in total. The number of Topliss-reactive ketones (excluding diaryl/α,β-unsaturated/α-hetero) is 1. The van der Waals surface area contributed by atoms with Crippen LogP contribution >= 0.6 is 0 Å². The minimum Gasteiger partial charge on any atom is -0.326 e. The fraction of sp³-hybridized carbons (Fsp3) is 0.429. The van der Waals surface area contributed by atoms with Gasteiger partial charge in [0.2, 0.25) is 0 Å². The Bertz CT molecular complexity index is 523. The van der Waals surface area contributed by atoms with E-state index in [1.807, 2.05) is 13.8 Å². The number of ketones is 1. The second-order valence-corrected chi connectivity index (χ2v) is 5.38. The number of hydrogen-bond donors (Lipinski definition) is 0. The van der Waals surface area contributed by atoms with Crippen molar-refractivity contribution in [2.45, 2.75) is 32.7 Å². The van der Waals surface area contributed by atoms with Gasteiger partial charge in [0.1, 0.15) is 5.82 Å². The average Bonchev–Trinajstić information content (AvgIpc) is 2.55. The molecule has 1 amide bonds. The van der Waals surface area contributed by atoms with Crippen molar-refractivity contribution in [3.05, 3.63) is 35.1 Å². The topological polar surface area (TPSA) is 37.4 Å². The van der Waals surface area contributed by atoms with Crippen LogP contribution in [-0.4, -0.2) is 28.7 Å². The number of benzene rings is 1. The van der Waals surface area contributed by atoms with Crippen molar-refractivity contribution in [2.75, 3.05) is 6.54 Å². The molecule has 0 aromatic heterocycles. The van der Waals surface area contributed by atoms with Gasteiger partial charge in [0.05, 0.1) is 6.54 Å². The van der Waals surface area contributed by atoms with E-state index in [4.69, 9.17) is 0 Å². The van der Waals surface area contributed by atoms with Crippen molar-refractivity contribution in [1.82, 2.24) is 4.90 Å². The predicted molar refractivity (Wildman–Crippen MR) is 65.9 cm³/mol. The lowest BCUT2D eigenvalue weighted by atomic mass is 10.0. The zero-order chi connectivity index (χ0) is 13.5. The number of nitrogens with zero attached hydrogens (tertiary/aromatic N) is 1. The summed E-state index contributed by atoms with van der Waals surface area (Å²) in [6.45, 7) is 5.49. The van der Waals surface area contributed by atoms with E-state index < -0.39 is 5.54 Å². The van der Waals surface area contributed by atoms with E-state index >= 15 is 0 Å². The van der Waals surface area contributed by atoms with Crippen molar-refractivity contribution < 1.29 is 14.0 Å². The molecule has 1 saturated heterocycles. The van der Waals surface area contributed by atoms with Crippen LogP contribution in [0.3, 0.4) is 0 Å².